The number of urea groups is 1. The summed E-state index contributed by atoms with van der Waals surface area (Å²) < 4.78 is 0. The van der Waals surface area contributed by atoms with Crippen LogP contribution in [0.3, 0.4) is 0 Å². The van der Waals surface area contributed by atoms with Crippen molar-refractivity contribution in [3.63, 3.8) is 0 Å². The Labute approximate surface area is 163 Å². The highest BCUT2D eigenvalue weighted by Gasteiger charge is 2.41. The van der Waals surface area contributed by atoms with Gasteiger partial charge in [-0.05, 0) is 25.7 Å². The van der Waals surface area contributed by atoms with E-state index in [1.54, 1.807) is 0 Å². The molecule has 3 fully saturated rings. The molecule has 3 aliphatic rings. The first kappa shape index (κ1) is 17.2. The van der Waals surface area contributed by atoms with Gasteiger partial charge in [0.1, 0.15) is 5.82 Å². The molecule has 8 heteroatoms. The fourth-order valence-corrected chi connectivity index (χ4v) is 4.26. The molecule has 0 spiro atoms. The van der Waals surface area contributed by atoms with Gasteiger partial charge >= 0.3 is 6.03 Å². The first-order valence-corrected chi connectivity index (χ1v) is 10.0. The summed E-state index contributed by atoms with van der Waals surface area (Å²) in [6.45, 7) is 1.32. The molecular formula is C20H24N6O2. The molecule has 2 atom stereocenters. The topological polar surface area (TPSA) is 94.2 Å². The third kappa shape index (κ3) is 3.23. The van der Waals surface area contributed by atoms with E-state index in [-0.39, 0.29) is 24.0 Å². The Bertz CT molecular complexity index is 878. The number of amides is 3. The molecule has 2 N–H and O–H groups in total. The zero-order valence-electron chi connectivity index (χ0n) is 15.7. The highest BCUT2D eigenvalue weighted by molar-refractivity contribution is 5.82. The minimum Gasteiger partial charge on any atom is -0.338 e. The fourth-order valence-electron chi connectivity index (χ4n) is 4.26. The van der Waals surface area contributed by atoms with Crippen molar-refractivity contribution < 1.29 is 9.59 Å². The molecule has 3 amide bonds. The normalized spacial score (nSPS) is 24.8. The predicted octanol–water partition coefficient (Wildman–Crippen LogP) is 2.08. The van der Waals surface area contributed by atoms with Crippen molar-refractivity contribution in [3.05, 3.63) is 36.2 Å². The molecule has 2 unspecified atom stereocenters. The molecule has 1 aromatic carbocycles. The summed E-state index contributed by atoms with van der Waals surface area (Å²) in [5.41, 5.74) is 0.948. The third-order valence-corrected chi connectivity index (χ3v) is 5.84. The molecule has 1 aromatic heterocycles. The lowest BCUT2D eigenvalue weighted by Gasteiger charge is -2.25. The van der Waals surface area contributed by atoms with E-state index in [2.05, 4.69) is 20.5 Å². The smallest absolute Gasteiger partial charge is 0.318 e. The quantitative estimate of drug-likeness (QED) is 0.849. The molecule has 0 radical (unpaired) electrons. The van der Waals surface area contributed by atoms with E-state index in [0.717, 1.165) is 31.2 Å². The monoisotopic (exact) mass is 380 g/mol. The van der Waals surface area contributed by atoms with Gasteiger partial charge in [-0.15, -0.1) is 0 Å². The van der Waals surface area contributed by atoms with Crippen LogP contribution in [-0.2, 0) is 4.79 Å². The number of aromatic nitrogens is 3. The number of carbonyl (C=O) groups excluding carboxylic acids is 2. The maximum Gasteiger partial charge on any atom is 0.318 e. The zero-order chi connectivity index (χ0) is 19.1. The first-order valence-electron chi connectivity index (χ1n) is 10.0. The van der Waals surface area contributed by atoms with Crippen molar-refractivity contribution >= 4 is 11.9 Å². The standard InChI is InChI=1S/C20H24N6O2/c27-17-11-14(12-26(17)15-8-9-15)21-20(28)25-10-4-7-16(25)19-22-18(23-24-19)13-5-2-1-3-6-13/h1-3,5-6,14-16H,4,7-12H2,(H,21,28)(H,22,23,24). The second kappa shape index (κ2) is 6.92. The Morgan fingerprint density at radius 3 is 2.79 bits per heavy atom. The Morgan fingerprint density at radius 2 is 2.00 bits per heavy atom. The average Bonchev–Trinajstić information content (AvgIpc) is 3.09. The Hall–Kier alpha value is -2.90. The van der Waals surface area contributed by atoms with Gasteiger partial charge in [0, 0.05) is 31.1 Å². The van der Waals surface area contributed by atoms with Crippen LogP contribution in [0.15, 0.2) is 30.3 Å². The van der Waals surface area contributed by atoms with Crippen LogP contribution in [-0.4, -0.2) is 62.1 Å². The van der Waals surface area contributed by atoms with Gasteiger partial charge in [0.2, 0.25) is 5.91 Å². The molecule has 28 heavy (non-hydrogen) atoms. The number of benzene rings is 1. The van der Waals surface area contributed by atoms with Crippen LogP contribution in [0.25, 0.3) is 11.4 Å². The van der Waals surface area contributed by atoms with Crippen molar-refractivity contribution in [1.29, 1.82) is 0 Å². The van der Waals surface area contributed by atoms with Gasteiger partial charge in [-0.25, -0.2) is 9.78 Å². The first-order chi connectivity index (χ1) is 13.7. The SMILES string of the molecule is O=C1CC(NC(=O)N2CCCC2c2nc(-c3ccccc3)n[nH]2)CN1C1CC1. The highest BCUT2D eigenvalue weighted by Crippen LogP contribution is 2.32. The Kier molecular flexibility index (Phi) is 4.26. The van der Waals surface area contributed by atoms with E-state index in [1.165, 1.54) is 0 Å². The van der Waals surface area contributed by atoms with Gasteiger partial charge in [-0.1, -0.05) is 30.3 Å². The lowest BCUT2D eigenvalue weighted by Crippen LogP contribution is -2.45. The van der Waals surface area contributed by atoms with Crippen LogP contribution >= 0.6 is 0 Å². The number of aromatic amines is 1. The van der Waals surface area contributed by atoms with Crippen LogP contribution in [0.4, 0.5) is 4.79 Å². The lowest BCUT2D eigenvalue weighted by molar-refractivity contribution is -0.128. The number of hydrogen-bond donors (Lipinski definition) is 2. The van der Waals surface area contributed by atoms with Crippen molar-refractivity contribution in [2.24, 2.45) is 0 Å². The molecule has 3 heterocycles. The van der Waals surface area contributed by atoms with Gasteiger partial charge in [0.15, 0.2) is 5.82 Å². The number of H-pyrrole nitrogens is 1. The van der Waals surface area contributed by atoms with Gasteiger partial charge < -0.3 is 15.1 Å². The van der Waals surface area contributed by atoms with Crippen molar-refractivity contribution in [2.75, 3.05) is 13.1 Å². The average molecular weight is 380 g/mol. The van der Waals surface area contributed by atoms with Gasteiger partial charge in [0.25, 0.3) is 0 Å². The summed E-state index contributed by atoms with van der Waals surface area (Å²) in [6.07, 6.45) is 4.37. The molecule has 0 bridgehead atoms. The molecule has 1 aliphatic carbocycles. The minimum atomic E-state index is -0.115. The van der Waals surface area contributed by atoms with Crippen LogP contribution < -0.4 is 5.32 Å². The van der Waals surface area contributed by atoms with E-state index in [0.29, 0.717) is 37.2 Å². The molecule has 146 valence electrons. The Morgan fingerprint density at radius 1 is 1.18 bits per heavy atom. The lowest BCUT2D eigenvalue weighted by atomic mass is 10.2. The van der Waals surface area contributed by atoms with Gasteiger partial charge in [-0.3, -0.25) is 9.89 Å². The summed E-state index contributed by atoms with van der Waals surface area (Å²) in [5.74, 6) is 1.52. The number of nitrogens with one attached hydrogen (secondary N) is 2. The number of nitrogens with zero attached hydrogens (tertiary/aromatic N) is 4. The summed E-state index contributed by atoms with van der Waals surface area (Å²) in [5, 5.41) is 10.4. The molecule has 8 nitrogen and oxygen atoms in total. The largest absolute Gasteiger partial charge is 0.338 e. The van der Waals surface area contributed by atoms with E-state index < -0.39 is 0 Å². The highest BCUT2D eigenvalue weighted by atomic mass is 16.2. The number of hydrogen-bond acceptors (Lipinski definition) is 4. The van der Waals surface area contributed by atoms with Gasteiger partial charge in [-0.2, -0.15) is 5.10 Å². The molecule has 5 rings (SSSR count). The van der Waals surface area contributed by atoms with Crippen molar-refractivity contribution in [3.8, 4) is 11.4 Å². The van der Waals surface area contributed by atoms with Crippen LogP contribution in [0.2, 0.25) is 0 Å². The summed E-state index contributed by atoms with van der Waals surface area (Å²) >= 11 is 0. The van der Waals surface area contributed by atoms with Crippen molar-refractivity contribution in [1.82, 2.24) is 30.3 Å². The second-order valence-electron chi connectivity index (χ2n) is 7.89. The maximum absolute atomic E-state index is 12.9. The van der Waals surface area contributed by atoms with Gasteiger partial charge in [0.05, 0.1) is 12.1 Å². The molecule has 2 aliphatic heterocycles. The second-order valence-corrected chi connectivity index (χ2v) is 7.89. The molecule has 2 aromatic rings. The van der Waals surface area contributed by atoms with E-state index in [4.69, 9.17) is 0 Å². The summed E-state index contributed by atoms with van der Waals surface area (Å²) in [7, 11) is 0. The van der Waals surface area contributed by atoms with Crippen molar-refractivity contribution in [2.45, 2.75) is 50.2 Å². The zero-order valence-corrected chi connectivity index (χ0v) is 15.7. The van der Waals surface area contributed by atoms with E-state index in [9.17, 15) is 9.59 Å². The Balaban J connectivity index is 1.26. The molecular weight excluding hydrogens is 356 g/mol. The number of likely N-dealkylation sites (tertiary alicyclic amines) is 2. The third-order valence-electron chi connectivity index (χ3n) is 5.84. The fraction of sp³-hybridized carbons (Fsp3) is 0.500. The molecule has 1 saturated carbocycles. The number of carbonyl (C=O) groups is 2. The predicted molar refractivity (Wildman–Crippen MR) is 102 cm³/mol. The number of rotatable bonds is 4. The van der Waals surface area contributed by atoms with Crippen LogP contribution in [0, 0.1) is 0 Å². The van der Waals surface area contributed by atoms with E-state index >= 15 is 0 Å². The molecule has 2 saturated heterocycles. The maximum atomic E-state index is 12.9. The minimum absolute atomic E-state index is 0.101. The summed E-state index contributed by atoms with van der Waals surface area (Å²) in [4.78, 5) is 33.4. The summed E-state index contributed by atoms with van der Waals surface area (Å²) in [6, 6.07) is 9.87. The van der Waals surface area contributed by atoms with Crippen LogP contribution in [0.5, 0.6) is 0 Å². The van der Waals surface area contributed by atoms with E-state index in [1.807, 2.05) is 40.1 Å². The van der Waals surface area contributed by atoms with Crippen LogP contribution in [0.1, 0.15) is 44.0 Å².